The van der Waals surface area contributed by atoms with Crippen LogP contribution < -0.4 is 0 Å². The van der Waals surface area contributed by atoms with Crippen LogP contribution in [0.2, 0.25) is 0 Å². The van der Waals surface area contributed by atoms with Gasteiger partial charge in [-0.05, 0) is 32.1 Å². The molecular weight excluding hydrogens is 148 g/mol. The van der Waals surface area contributed by atoms with Crippen molar-refractivity contribution in [2.75, 3.05) is 0 Å². The average molecular weight is 160 g/mol. The fraction of sp³-hybridized carbons (Fsp3) is 0.182. The molecule has 0 saturated heterocycles. The second kappa shape index (κ2) is 6.18. The maximum absolute atomic E-state index is 10.6. The number of ketones is 1. The third kappa shape index (κ3) is 5.25. The van der Waals surface area contributed by atoms with E-state index in [9.17, 15) is 4.79 Å². The molecule has 0 aromatic carbocycles. The van der Waals surface area contributed by atoms with Crippen LogP contribution in [-0.2, 0) is 4.79 Å². The minimum atomic E-state index is 0.0165. The van der Waals surface area contributed by atoms with Crippen LogP contribution >= 0.6 is 0 Å². The summed E-state index contributed by atoms with van der Waals surface area (Å²) in [6.45, 7) is 6.80. The van der Waals surface area contributed by atoms with Gasteiger partial charge in [-0.25, -0.2) is 0 Å². The zero-order chi connectivity index (χ0) is 9.40. The van der Waals surface area contributed by atoms with Crippen LogP contribution in [0.4, 0.5) is 0 Å². The van der Waals surface area contributed by atoms with Gasteiger partial charge in [-0.15, -0.1) is 5.92 Å². The molecule has 0 heterocycles. The molecule has 1 heteroatoms. The van der Waals surface area contributed by atoms with Crippen LogP contribution in [0.3, 0.4) is 0 Å². The van der Waals surface area contributed by atoms with Gasteiger partial charge in [-0.3, -0.25) is 4.79 Å². The molecule has 0 aliphatic rings. The first-order valence-corrected chi connectivity index (χ1v) is 3.65. The first kappa shape index (κ1) is 10.5. The third-order valence-corrected chi connectivity index (χ3v) is 1.06. The average Bonchev–Trinajstić information content (AvgIpc) is 2.01. The zero-order valence-electron chi connectivity index (χ0n) is 7.42. The summed E-state index contributed by atoms with van der Waals surface area (Å²) < 4.78 is 0. The van der Waals surface area contributed by atoms with E-state index in [4.69, 9.17) is 0 Å². The minimum Gasteiger partial charge on any atom is -0.295 e. The monoisotopic (exact) mass is 160 g/mol. The lowest BCUT2D eigenvalue weighted by atomic mass is 10.2. The molecular formula is C11H12O. The summed E-state index contributed by atoms with van der Waals surface area (Å²) in [6, 6.07) is 0. The quantitative estimate of drug-likeness (QED) is 0.351. The highest BCUT2D eigenvalue weighted by Gasteiger charge is 1.84. The second-order valence-electron chi connectivity index (χ2n) is 2.18. The predicted molar refractivity (Wildman–Crippen MR) is 51.6 cm³/mol. The van der Waals surface area contributed by atoms with Gasteiger partial charge in [0.2, 0.25) is 0 Å². The Labute approximate surface area is 73.5 Å². The summed E-state index contributed by atoms with van der Waals surface area (Å²) in [7, 11) is 0. The fourth-order valence-corrected chi connectivity index (χ4v) is 0.617. The molecule has 0 amide bonds. The highest BCUT2D eigenvalue weighted by molar-refractivity contribution is 5.87. The summed E-state index contributed by atoms with van der Waals surface area (Å²) in [6.07, 6.45) is 6.57. The lowest BCUT2D eigenvalue weighted by Gasteiger charge is -1.85. The Hall–Kier alpha value is -1.55. The molecule has 0 radical (unpaired) electrons. The van der Waals surface area contributed by atoms with Gasteiger partial charge in [0.25, 0.3) is 0 Å². The highest BCUT2D eigenvalue weighted by atomic mass is 16.1. The minimum absolute atomic E-state index is 0.0165. The topological polar surface area (TPSA) is 17.1 Å². The number of hydrogen-bond acceptors (Lipinski definition) is 1. The van der Waals surface area contributed by atoms with Crippen LogP contribution in [-0.4, -0.2) is 5.78 Å². The number of allylic oxidation sites excluding steroid dienone is 5. The van der Waals surface area contributed by atoms with Crippen molar-refractivity contribution in [2.45, 2.75) is 13.8 Å². The molecule has 0 fully saturated rings. The molecule has 0 spiro atoms. The largest absolute Gasteiger partial charge is 0.295 e. The van der Waals surface area contributed by atoms with E-state index in [0.29, 0.717) is 0 Å². The third-order valence-electron chi connectivity index (χ3n) is 1.06. The molecule has 0 atom stereocenters. The lowest BCUT2D eigenvalue weighted by molar-refractivity contribution is -0.112. The van der Waals surface area contributed by atoms with Crippen molar-refractivity contribution < 1.29 is 4.79 Å². The summed E-state index contributed by atoms with van der Waals surface area (Å²) in [5.74, 6) is 5.60. The molecule has 0 aliphatic carbocycles. The van der Waals surface area contributed by atoms with Gasteiger partial charge >= 0.3 is 0 Å². The van der Waals surface area contributed by atoms with E-state index in [2.05, 4.69) is 18.4 Å². The van der Waals surface area contributed by atoms with E-state index in [1.165, 1.54) is 13.0 Å². The van der Waals surface area contributed by atoms with Crippen LogP contribution in [0.15, 0.2) is 36.5 Å². The summed E-state index contributed by atoms with van der Waals surface area (Å²) >= 11 is 0. The smallest absolute Gasteiger partial charge is 0.152 e. The van der Waals surface area contributed by atoms with Crippen molar-refractivity contribution in [3.8, 4) is 11.8 Å². The van der Waals surface area contributed by atoms with Crippen LogP contribution in [0.5, 0.6) is 0 Å². The Morgan fingerprint density at radius 1 is 1.42 bits per heavy atom. The van der Waals surface area contributed by atoms with Gasteiger partial charge in [-0.1, -0.05) is 18.6 Å². The molecule has 0 rings (SSSR count). The molecule has 0 unspecified atom stereocenters. The van der Waals surface area contributed by atoms with Gasteiger partial charge in [0.15, 0.2) is 5.78 Å². The van der Waals surface area contributed by atoms with Gasteiger partial charge in [0.05, 0.1) is 0 Å². The van der Waals surface area contributed by atoms with Crippen molar-refractivity contribution in [1.82, 2.24) is 0 Å². The first-order valence-electron chi connectivity index (χ1n) is 3.65. The fourth-order valence-electron chi connectivity index (χ4n) is 0.617. The van der Waals surface area contributed by atoms with Crippen molar-refractivity contribution in [1.29, 1.82) is 0 Å². The highest BCUT2D eigenvalue weighted by Crippen LogP contribution is 1.95. The normalized spacial score (nSPS) is 10.7. The molecule has 0 aromatic heterocycles. The van der Waals surface area contributed by atoms with E-state index in [0.717, 1.165) is 5.57 Å². The summed E-state index contributed by atoms with van der Waals surface area (Å²) in [4.78, 5) is 10.6. The van der Waals surface area contributed by atoms with Crippen LogP contribution in [0.1, 0.15) is 13.8 Å². The van der Waals surface area contributed by atoms with E-state index < -0.39 is 0 Å². The standard InChI is InChI=1S/C11H12O/c1-4-6-11(7-5-2)9-8-10(3)12/h4,6,8-9H,1H2,2-3H3/b9-8-,11-6-. The van der Waals surface area contributed by atoms with E-state index >= 15 is 0 Å². The van der Waals surface area contributed by atoms with Crippen LogP contribution in [0.25, 0.3) is 0 Å². The Balaban J connectivity index is 4.51. The van der Waals surface area contributed by atoms with Crippen molar-refractivity contribution in [3.63, 3.8) is 0 Å². The Bertz CT molecular complexity index is 282. The van der Waals surface area contributed by atoms with E-state index in [1.54, 1.807) is 25.2 Å². The molecule has 12 heavy (non-hydrogen) atoms. The zero-order valence-corrected chi connectivity index (χ0v) is 7.42. The lowest BCUT2D eigenvalue weighted by Crippen LogP contribution is -1.80. The second-order valence-corrected chi connectivity index (χ2v) is 2.18. The molecule has 0 aromatic rings. The van der Waals surface area contributed by atoms with Crippen molar-refractivity contribution in [2.24, 2.45) is 0 Å². The Morgan fingerprint density at radius 3 is 2.50 bits per heavy atom. The van der Waals surface area contributed by atoms with E-state index in [-0.39, 0.29) is 5.78 Å². The summed E-state index contributed by atoms with van der Waals surface area (Å²) in [5, 5.41) is 0. The number of carbonyl (C=O) groups is 1. The maximum atomic E-state index is 10.6. The number of rotatable bonds is 3. The van der Waals surface area contributed by atoms with Crippen molar-refractivity contribution in [3.05, 3.63) is 36.5 Å². The van der Waals surface area contributed by atoms with Crippen LogP contribution in [0, 0.1) is 11.8 Å². The van der Waals surface area contributed by atoms with Gasteiger partial charge in [0, 0.05) is 5.57 Å². The van der Waals surface area contributed by atoms with Crippen molar-refractivity contribution >= 4 is 5.78 Å². The van der Waals surface area contributed by atoms with Gasteiger partial charge in [-0.2, -0.15) is 0 Å². The molecule has 0 saturated carbocycles. The predicted octanol–water partition coefficient (Wildman–Crippen LogP) is 2.27. The molecule has 0 bridgehead atoms. The molecule has 0 N–H and O–H groups in total. The number of hydrogen-bond donors (Lipinski definition) is 0. The Morgan fingerprint density at radius 2 is 2.08 bits per heavy atom. The molecule has 0 aliphatic heterocycles. The molecule has 1 nitrogen and oxygen atoms in total. The van der Waals surface area contributed by atoms with E-state index in [1.807, 2.05) is 0 Å². The SMILES string of the molecule is C=C/C=C(C#CC)\C=C/C(C)=O. The van der Waals surface area contributed by atoms with Gasteiger partial charge < -0.3 is 0 Å². The molecule has 62 valence electrons. The Kier molecular flexibility index (Phi) is 5.38. The summed E-state index contributed by atoms with van der Waals surface area (Å²) in [5.41, 5.74) is 0.794. The first-order chi connectivity index (χ1) is 5.70. The number of carbonyl (C=O) groups excluding carboxylic acids is 1. The maximum Gasteiger partial charge on any atom is 0.152 e. The van der Waals surface area contributed by atoms with Gasteiger partial charge in [0.1, 0.15) is 0 Å².